The van der Waals surface area contributed by atoms with E-state index in [1.54, 1.807) is 0 Å². The molecule has 2 heteroatoms. The molecule has 2 rings (SSSR count). The van der Waals surface area contributed by atoms with Crippen LogP contribution in [0, 0.1) is 19.8 Å². The molecule has 1 unspecified atom stereocenters. The lowest BCUT2D eigenvalue weighted by molar-refractivity contribution is 0.0890. The second kappa shape index (κ2) is 5.65. The van der Waals surface area contributed by atoms with Gasteiger partial charge in [0.1, 0.15) is 0 Å². The summed E-state index contributed by atoms with van der Waals surface area (Å²) in [6.45, 7) is 6.36. The molecule has 1 aliphatic rings. The van der Waals surface area contributed by atoms with Crippen molar-refractivity contribution in [3.8, 4) is 0 Å². The van der Waals surface area contributed by atoms with Gasteiger partial charge in [0.25, 0.3) is 0 Å². The second-order valence-corrected chi connectivity index (χ2v) is 5.28. The fourth-order valence-corrected chi connectivity index (χ4v) is 2.57. The fraction of sp³-hybridized carbons (Fsp3) is 0.600. The summed E-state index contributed by atoms with van der Waals surface area (Å²) < 4.78 is 0. The molecule has 0 saturated carbocycles. The van der Waals surface area contributed by atoms with Crippen LogP contribution in [0.1, 0.15) is 29.5 Å². The Bertz CT molecular complexity index is 369. The topological polar surface area (TPSA) is 32.3 Å². The van der Waals surface area contributed by atoms with E-state index in [0.29, 0.717) is 5.92 Å². The van der Waals surface area contributed by atoms with E-state index in [9.17, 15) is 5.11 Å². The largest absolute Gasteiger partial charge is 0.392 e. The first-order valence-electron chi connectivity index (χ1n) is 6.61. The van der Waals surface area contributed by atoms with Gasteiger partial charge in [0.05, 0.1) is 6.10 Å². The molecule has 2 N–H and O–H groups in total. The SMILES string of the molecule is Cc1ccc(CC(O)C2CCNCC2)cc1C. The van der Waals surface area contributed by atoms with E-state index < -0.39 is 0 Å². The summed E-state index contributed by atoms with van der Waals surface area (Å²) in [5.74, 6) is 0.470. The third-order valence-corrected chi connectivity index (χ3v) is 3.94. The summed E-state index contributed by atoms with van der Waals surface area (Å²) in [4.78, 5) is 0. The molecule has 1 aliphatic heterocycles. The van der Waals surface area contributed by atoms with Crippen molar-refractivity contribution in [2.75, 3.05) is 13.1 Å². The van der Waals surface area contributed by atoms with E-state index in [1.165, 1.54) is 16.7 Å². The third kappa shape index (κ3) is 3.30. The van der Waals surface area contributed by atoms with Crippen molar-refractivity contribution >= 4 is 0 Å². The lowest BCUT2D eigenvalue weighted by Crippen LogP contribution is -2.35. The van der Waals surface area contributed by atoms with E-state index in [0.717, 1.165) is 32.4 Å². The molecule has 0 spiro atoms. The molecular weight excluding hydrogens is 210 g/mol. The minimum atomic E-state index is -0.181. The Morgan fingerprint density at radius 2 is 1.94 bits per heavy atom. The zero-order chi connectivity index (χ0) is 12.3. The predicted octanol–water partition coefficient (Wildman–Crippen LogP) is 2.21. The van der Waals surface area contributed by atoms with E-state index in [-0.39, 0.29) is 6.10 Å². The number of aliphatic hydroxyl groups is 1. The van der Waals surface area contributed by atoms with Gasteiger partial charge < -0.3 is 10.4 Å². The molecule has 1 aromatic carbocycles. The average molecular weight is 233 g/mol. The number of aliphatic hydroxyl groups excluding tert-OH is 1. The highest BCUT2D eigenvalue weighted by Crippen LogP contribution is 2.20. The standard InChI is InChI=1S/C15H23NO/c1-11-3-4-13(9-12(11)2)10-15(17)14-5-7-16-8-6-14/h3-4,9,14-17H,5-8,10H2,1-2H3. The van der Waals surface area contributed by atoms with Crippen LogP contribution < -0.4 is 5.32 Å². The highest BCUT2D eigenvalue weighted by atomic mass is 16.3. The summed E-state index contributed by atoms with van der Waals surface area (Å²) in [7, 11) is 0. The molecule has 1 heterocycles. The van der Waals surface area contributed by atoms with Gasteiger partial charge in [-0.15, -0.1) is 0 Å². The van der Waals surface area contributed by atoms with Crippen molar-refractivity contribution in [3.63, 3.8) is 0 Å². The molecular formula is C15H23NO. The molecule has 1 atom stereocenters. The van der Waals surface area contributed by atoms with Crippen LogP contribution in [0.5, 0.6) is 0 Å². The highest BCUT2D eigenvalue weighted by Gasteiger charge is 2.21. The van der Waals surface area contributed by atoms with E-state index in [4.69, 9.17) is 0 Å². The fourth-order valence-electron chi connectivity index (χ4n) is 2.57. The van der Waals surface area contributed by atoms with Crippen LogP contribution in [-0.2, 0) is 6.42 Å². The first-order valence-corrected chi connectivity index (χ1v) is 6.61. The van der Waals surface area contributed by atoms with Gasteiger partial charge in [0.15, 0.2) is 0 Å². The molecule has 0 bridgehead atoms. The van der Waals surface area contributed by atoms with Crippen LogP contribution in [0.15, 0.2) is 18.2 Å². The normalized spacial score (nSPS) is 19.2. The van der Waals surface area contributed by atoms with Gasteiger partial charge in [-0.3, -0.25) is 0 Å². The van der Waals surface area contributed by atoms with Crippen molar-refractivity contribution in [1.82, 2.24) is 5.32 Å². The Hall–Kier alpha value is -0.860. The van der Waals surface area contributed by atoms with Gasteiger partial charge in [0.2, 0.25) is 0 Å². The number of aryl methyl sites for hydroxylation is 2. The summed E-state index contributed by atoms with van der Waals surface area (Å²) in [6, 6.07) is 6.51. The number of hydrogen-bond acceptors (Lipinski definition) is 2. The monoisotopic (exact) mass is 233 g/mol. The van der Waals surface area contributed by atoms with Crippen LogP contribution in [0.4, 0.5) is 0 Å². The molecule has 2 nitrogen and oxygen atoms in total. The molecule has 0 aliphatic carbocycles. The highest BCUT2D eigenvalue weighted by molar-refractivity contribution is 5.30. The van der Waals surface area contributed by atoms with Gasteiger partial charge in [0, 0.05) is 0 Å². The minimum absolute atomic E-state index is 0.181. The number of piperidine rings is 1. The maximum Gasteiger partial charge on any atom is 0.0609 e. The Labute approximate surface area is 104 Å². The summed E-state index contributed by atoms with van der Waals surface area (Å²) in [5, 5.41) is 13.6. The van der Waals surface area contributed by atoms with Crippen molar-refractivity contribution < 1.29 is 5.11 Å². The molecule has 0 amide bonds. The summed E-state index contributed by atoms with van der Waals surface area (Å²) >= 11 is 0. The molecule has 17 heavy (non-hydrogen) atoms. The smallest absolute Gasteiger partial charge is 0.0609 e. The van der Waals surface area contributed by atoms with Crippen molar-refractivity contribution in [2.24, 2.45) is 5.92 Å². The second-order valence-electron chi connectivity index (χ2n) is 5.28. The van der Waals surface area contributed by atoms with Crippen LogP contribution >= 0.6 is 0 Å². The molecule has 1 aromatic rings. The maximum absolute atomic E-state index is 10.3. The van der Waals surface area contributed by atoms with Crippen LogP contribution in [0.25, 0.3) is 0 Å². The average Bonchev–Trinajstić information content (AvgIpc) is 2.35. The number of nitrogens with one attached hydrogen (secondary N) is 1. The Morgan fingerprint density at radius 1 is 1.24 bits per heavy atom. The zero-order valence-corrected chi connectivity index (χ0v) is 10.9. The Balaban J connectivity index is 1.96. The maximum atomic E-state index is 10.3. The van der Waals surface area contributed by atoms with Gasteiger partial charge in [-0.2, -0.15) is 0 Å². The zero-order valence-electron chi connectivity index (χ0n) is 10.9. The first-order chi connectivity index (χ1) is 8.16. The molecule has 0 radical (unpaired) electrons. The van der Waals surface area contributed by atoms with Crippen LogP contribution in [-0.4, -0.2) is 24.3 Å². The van der Waals surface area contributed by atoms with Crippen molar-refractivity contribution in [3.05, 3.63) is 34.9 Å². The van der Waals surface area contributed by atoms with Crippen LogP contribution in [0.3, 0.4) is 0 Å². The first kappa shape index (κ1) is 12.6. The Morgan fingerprint density at radius 3 is 2.59 bits per heavy atom. The minimum Gasteiger partial charge on any atom is -0.392 e. The molecule has 0 aromatic heterocycles. The lowest BCUT2D eigenvalue weighted by atomic mass is 9.88. The van der Waals surface area contributed by atoms with Crippen molar-refractivity contribution in [1.29, 1.82) is 0 Å². The van der Waals surface area contributed by atoms with Crippen LogP contribution in [0.2, 0.25) is 0 Å². The third-order valence-electron chi connectivity index (χ3n) is 3.94. The Kier molecular flexibility index (Phi) is 4.19. The summed E-state index contributed by atoms with van der Waals surface area (Å²) in [5.41, 5.74) is 3.91. The summed E-state index contributed by atoms with van der Waals surface area (Å²) in [6.07, 6.45) is 2.82. The lowest BCUT2D eigenvalue weighted by Gasteiger charge is -2.27. The quantitative estimate of drug-likeness (QED) is 0.839. The predicted molar refractivity (Wildman–Crippen MR) is 71.2 cm³/mol. The molecule has 94 valence electrons. The van der Waals surface area contributed by atoms with E-state index in [2.05, 4.69) is 37.4 Å². The number of hydrogen-bond donors (Lipinski definition) is 2. The van der Waals surface area contributed by atoms with Gasteiger partial charge in [-0.05, 0) is 68.8 Å². The van der Waals surface area contributed by atoms with Crippen molar-refractivity contribution in [2.45, 2.75) is 39.2 Å². The van der Waals surface area contributed by atoms with Gasteiger partial charge >= 0.3 is 0 Å². The van der Waals surface area contributed by atoms with Gasteiger partial charge in [-0.25, -0.2) is 0 Å². The molecule has 1 saturated heterocycles. The van der Waals surface area contributed by atoms with Gasteiger partial charge in [-0.1, -0.05) is 18.2 Å². The number of benzene rings is 1. The number of rotatable bonds is 3. The molecule has 1 fully saturated rings. The van der Waals surface area contributed by atoms with E-state index >= 15 is 0 Å². The van der Waals surface area contributed by atoms with E-state index in [1.807, 2.05) is 0 Å².